The van der Waals surface area contributed by atoms with E-state index >= 15 is 0 Å². The molecule has 2 N–H and O–H groups in total. The van der Waals surface area contributed by atoms with Gasteiger partial charge < -0.3 is 10.5 Å². The zero-order valence-electron chi connectivity index (χ0n) is 8.38. The first kappa shape index (κ1) is 14.0. The smallest absolute Gasteiger partial charge is 0.293 e. The molecule has 0 saturated carbocycles. The summed E-state index contributed by atoms with van der Waals surface area (Å²) in [6.07, 6.45) is 3.51. The predicted octanol–water partition coefficient (Wildman–Crippen LogP) is 1.70. The van der Waals surface area contributed by atoms with Gasteiger partial charge in [-0.25, -0.2) is 0 Å². The van der Waals surface area contributed by atoms with Crippen molar-refractivity contribution in [2.24, 2.45) is 5.73 Å². The molecule has 3 heteroatoms. The highest BCUT2D eigenvalue weighted by atomic mass is 16.5. The number of carbonyl (C=O) groups is 1. The number of carbonyl (C=O) groups excluding carboxylic acids is 1. The van der Waals surface area contributed by atoms with Gasteiger partial charge in [-0.2, -0.15) is 0 Å². The average molecular weight is 175 g/mol. The molecule has 74 valence electrons. The van der Waals surface area contributed by atoms with Crippen LogP contribution in [0.25, 0.3) is 0 Å². The van der Waals surface area contributed by atoms with Gasteiger partial charge in [0, 0.05) is 6.04 Å². The lowest BCUT2D eigenvalue weighted by Gasteiger charge is -2.03. The SMILES string of the molecule is CCCC(N)CC.CCOC=O. The highest BCUT2D eigenvalue weighted by Crippen LogP contribution is 1.95. The van der Waals surface area contributed by atoms with E-state index in [9.17, 15) is 4.79 Å². The van der Waals surface area contributed by atoms with E-state index in [1.165, 1.54) is 12.8 Å². The maximum Gasteiger partial charge on any atom is 0.293 e. The molecule has 0 heterocycles. The first-order chi connectivity index (χ1) is 5.72. The summed E-state index contributed by atoms with van der Waals surface area (Å²) in [6.45, 7) is 6.95. The highest BCUT2D eigenvalue weighted by molar-refractivity contribution is 5.36. The molecular weight excluding hydrogens is 154 g/mol. The van der Waals surface area contributed by atoms with Gasteiger partial charge in [-0.15, -0.1) is 0 Å². The molecule has 0 radical (unpaired) electrons. The minimum atomic E-state index is 0.431. The van der Waals surface area contributed by atoms with Crippen LogP contribution in [0, 0.1) is 0 Å². The van der Waals surface area contributed by atoms with Gasteiger partial charge in [0.1, 0.15) is 0 Å². The second-order valence-corrected chi connectivity index (χ2v) is 2.51. The third-order valence-corrected chi connectivity index (χ3v) is 1.42. The number of nitrogens with two attached hydrogens (primary N) is 1. The summed E-state index contributed by atoms with van der Waals surface area (Å²) in [6, 6.07) is 0.449. The van der Waals surface area contributed by atoms with Gasteiger partial charge in [0.05, 0.1) is 6.61 Å². The summed E-state index contributed by atoms with van der Waals surface area (Å²) in [5.41, 5.74) is 5.58. The Kier molecular flexibility index (Phi) is 15.2. The van der Waals surface area contributed by atoms with Crippen molar-refractivity contribution >= 4 is 6.47 Å². The Morgan fingerprint density at radius 3 is 2.08 bits per heavy atom. The van der Waals surface area contributed by atoms with Gasteiger partial charge in [-0.3, -0.25) is 4.79 Å². The quantitative estimate of drug-likeness (QED) is 0.647. The Balaban J connectivity index is 0. The predicted molar refractivity (Wildman–Crippen MR) is 50.9 cm³/mol. The molecule has 0 aromatic rings. The van der Waals surface area contributed by atoms with Crippen molar-refractivity contribution in [2.45, 2.75) is 46.1 Å². The molecule has 1 atom stereocenters. The van der Waals surface area contributed by atoms with Crippen LogP contribution in [-0.4, -0.2) is 19.1 Å². The molecule has 12 heavy (non-hydrogen) atoms. The molecule has 0 aromatic heterocycles. The van der Waals surface area contributed by atoms with Crippen LogP contribution in [0.3, 0.4) is 0 Å². The fraction of sp³-hybridized carbons (Fsp3) is 0.889. The van der Waals surface area contributed by atoms with Gasteiger partial charge in [0.2, 0.25) is 0 Å². The van der Waals surface area contributed by atoms with Crippen molar-refractivity contribution in [1.82, 2.24) is 0 Å². The Bertz CT molecular complexity index is 86.6. The van der Waals surface area contributed by atoms with E-state index in [4.69, 9.17) is 5.73 Å². The lowest BCUT2D eigenvalue weighted by molar-refractivity contribution is -0.128. The summed E-state index contributed by atoms with van der Waals surface area (Å²) in [7, 11) is 0. The molecule has 0 bridgehead atoms. The molecule has 0 saturated heterocycles. The van der Waals surface area contributed by atoms with Crippen LogP contribution >= 0.6 is 0 Å². The summed E-state index contributed by atoms with van der Waals surface area (Å²) in [5.74, 6) is 0. The highest BCUT2D eigenvalue weighted by Gasteiger charge is 1.92. The zero-order valence-corrected chi connectivity index (χ0v) is 8.38. The van der Waals surface area contributed by atoms with E-state index in [1.807, 2.05) is 0 Å². The third-order valence-electron chi connectivity index (χ3n) is 1.42. The molecule has 0 rings (SSSR count). The summed E-state index contributed by atoms with van der Waals surface area (Å²) < 4.78 is 4.15. The molecule has 0 amide bonds. The molecule has 3 nitrogen and oxygen atoms in total. The van der Waals surface area contributed by atoms with Gasteiger partial charge in [0.15, 0.2) is 0 Å². The van der Waals surface area contributed by atoms with Gasteiger partial charge in [-0.05, 0) is 19.8 Å². The van der Waals surface area contributed by atoms with Crippen LogP contribution in [0.2, 0.25) is 0 Å². The minimum absolute atomic E-state index is 0.431. The van der Waals surface area contributed by atoms with Crippen molar-refractivity contribution in [3.05, 3.63) is 0 Å². The van der Waals surface area contributed by atoms with Crippen LogP contribution in [0.5, 0.6) is 0 Å². The third kappa shape index (κ3) is 16.2. The fourth-order valence-corrected chi connectivity index (χ4v) is 0.643. The maximum atomic E-state index is 9.18. The Labute approximate surface area is 75.3 Å². The molecular formula is C9H21NO2. The van der Waals surface area contributed by atoms with Crippen molar-refractivity contribution in [1.29, 1.82) is 0 Å². The summed E-state index contributed by atoms with van der Waals surface area (Å²) in [4.78, 5) is 9.18. The van der Waals surface area contributed by atoms with Crippen LogP contribution in [0.1, 0.15) is 40.0 Å². The number of ether oxygens (including phenoxy) is 1. The van der Waals surface area contributed by atoms with Crippen LogP contribution in [0.4, 0.5) is 0 Å². The summed E-state index contributed by atoms with van der Waals surface area (Å²) in [5, 5.41) is 0. The van der Waals surface area contributed by atoms with E-state index in [0.29, 0.717) is 19.1 Å². The lowest BCUT2D eigenvalue weighted by atomic mass is 10.1. The van der Waals surface area contributed by atoms with Gasteiger partial charge >= 0.3 is 0 Å². The molecule has 0 aliphatic heterocycles. The van der Waals surface area contributed by atoms with Crippen LogP contribution < -0.4 is 5.73 Å². The molecule has 0 spiro atoms. The van der Waals surface area contributed by atoms with Crippen LogP contribution in [-0.2, 0) is 9.53 Å². The van der Waals surface area contributed by atoms with Crippen molar-refractivity contribution in [3.8, 4) is 0 Å². The second-order valence-electron chi connectivity index (χ2n) is 2.51. The molecule has 0 aromatic carbocycles. The van der Waals surface area contributed by atoms with E-state index in [2.05, 4.69) is 18.6 Å². The first-order valence-corrected chi connectivity index (χ1v) is 4.53. The second kappa shape index (κ2) is 13.1. The number of rotatable bonds is 5. The average Bonchev–Trinajstić information content (AvgIpc) is 2.07. The molecule has 1 unspecified atom stereocenters. The Morgan fingerprint density at radius 1 is 1.42 bits per heavy atom. The Hall–Kier alpha value is -0.570. The molecule has 0 aliphatic carbocycles. The van der Waals surface area contributed by atoms with Gasteiger partial charge in [0.25, 0.3) is 6.47 Å². The minimum Gasteiger partial charge on any atom is -0.468 e. The molecule has 0 aliphatic rings. The zero-order chi connectivity index (χ0) is 9.82. The van der Waals surface area contributed by atoms with Crippen molar-refractivity contribution < 1.29 is 9.53 Å². The Morgan fingerprint density at radius 2 is 2.00 bits per heavy atom. The lowest BCUT2D eigenvalue weighted by Crippen LogP contribution is -2.17. The maximum absolute atomic E-state index is 9.18. The van der Waals surface area contributed by atoms with E-state index in [-0.39, 0.29) is 0 Å². The monoisotopic (exact) mass is 175 g/mol. The summed E-state index contributed by atoms with van der Waals surface area (Å²) >= 11 is 0. The van der Waals surface area contributed by atoms with E-state index in [0.717, 1.165) is 6.42 Å². The largest absolute Gasteiger partial charge is 0.468 e. The van der Waals surface area contributed by atoms with Crippen molar-refractivity contribution in [2.75, 3.05) is 6.61 Å². The normalized spacial score (nSPS) is 11.0. The number of hydrogen-bond acceptors (Lipinski definition) is 3. The standard InChI is InChI=1S/C6H15N.C3H6O2/c1-3-5-6(7)4-2;1-2-5-3-4/h6H,3-5,7H2,1-2H3;3H,2H2,1H3. The first-order valence-electron chi connectivity index (χ1n) is 4.53. The van der Waals surface area contributed by atoms with Crippen molar-refractivity contribution in [3.63, 3.8) is 0 Å². The fourth-order valence-electron chi connectivity index (χ4n) is 0.643. The van der Waals surface area contributed by atoms with E-state index in [1.54, 1.807) is 6.92 Å². The number of hydrogen-bond donors (Lipinski definition) is 1. The van der Waals surface area contributed by atoms with Crippen LogP contribution in [0.15, 0.2) is 0 Å². The van der Waals surface area contributed by atoms with Gasteiger partial charge in [-0.1, -0.05) is 20.3 Å². The molecule has 0 fully saturated rings. The topological polar surface area (TPSA) is 52.3 Å². The van der Waals surface area contributed by atoms with E-state index < -0.39 is 0 Å².